The van der Waals surface area contributed by atoms with Crippen LogP contribution in [-0.2, 0) is 6.54 Å². The Hall–Kier alpha value is 0.269. The second-order valence-corrected chi connectivity index (χ2v) is 5.62. The summed E-state index contributed by atoms with van der Waals surface area (Å²) in [5.41, 5.74) is 7.81. The second-order valence-electron chi connectivity index (χ2n) is 3.05. The Labute approximate surface area is 110 Å². The number of hydrogen-bond donors (Lipinski definition) is 1. The van der Waals surface area contributed by atoms with Gasteiger partial charge in [0.05, 0.1) is 0 Å². The van der Waals surface area contributed by atoms with Crippen molar-refractivity contribution in [3.63, 3.8) is 0 Å². The zero-order valence-corrected chi connectivity index (χ0v) is 12.4. The van der Waals surface area contributed by atoms with Crippen molar-refractivity contribution >= 4 is 39.8 Å². The molecule has 90 valence electrons. The molecule has 1 rings (SSSR count). The molecule has 0 saturated carbocycles. The number of hydrogen-bond acceptors (Lipinski definition) is 2. The smallest absolute Gasteiger partial charge is 0.147 e. The SMILES string of the molecule is Cc1cc(C)n(CC[Se]CCN)n1.Cl.Cl. The van der Waals surface area contributed by atoms with Crippen molar-refractivity contribution in [3.8, 4) is 0 Å². The first-order valence-electron chi connectivity index (χ1n) is 4.53. The summed E-state index contributed by atoms with van der Waals surface area (Å²) in [6.45, 7) is 6.03. The molecule has 1 heterocycles. The maximum absolute atomic E-state index is 5.44. The van der Waals surface area contributed by atoms with Crippen molar-refractivity contribution in [3.05, 3.63) is 17.5 Å². The Morgan fingerprint density at radius 2 is 2.00 bits per heavy atom. The molecule has 0 saturated heterocycles. The van der Waals surface area contributed by atoms with Crippen LogP contribution in [0, 0.1) is 13.8 Å². The third-order valence-electron chi connectivity index (χ3n) is 1.81. The Morgan fingerprint density at radius 1 is 1.33 bits per heavy atom. The van der Waals surface area contributed by atoms with Gasteiger partial charge in [0.1, 0.15) is 0 Å². The van der Waals surface area contributed by atoms with Gasteiger partial charge in [-0.1, -0.05) is 0 Å². The average Bonchev–Trinajstić information content (AvgIpc) is 2.39. The van der Waals surface area contributed by atoms with Gasteiger partial charge in [0.2, 0.25) is 0 Å². The minimum atomic E-state index is 0. The van der Waals surface area contributed by atoms with Gasteiger partial charge in [-0.3, -0.25) is 0 Å². The Bertz CT molecular complexity index is 266. The number of aromatic nitrogens is 2. The van der Waals surface area contributed by atoms with Crippen molar-refractivity contribution in [1.29, 1.82) is 0 Å². The zero-order chi connectivity index (χ0) is 9.68. The summed E-state index contributed by atoms with van der Waals surface area (Å²) in [6.07, 6.45) is 0. The molecule has 1 aromatic heterocycles. The van der Waals surface area contributed by atoms with Gasteiger partial charge < -0.3 is 0 Å². The van der Waals surface area contributed by atoms with Crippen LogP contribution in [-0.4, -0.2) is 31.3 Å². The van der Waals surface area contributed by atoms with Gasteiger partial charge in [-0.05, 0) is 0 Å². The summed E-state index contributed by atoms with van der Waals surface area (Å²) in [7, 11) is 0. The summed E-state index contributed by atoms with van der Waals surface area (Å²) < 4.78 is 2.09. The van der Waals surface area contributed by atoms with Crippen LogP contribution in [0.5, 0.6) is 0 Å². The van der Waals surface area contributed by atoms with E-state index < -0.39 is 0 Å². The van der Waals surface area contributed by atoms with E-state index in [0.717, 1.165) is 18.8 Å². The first kappa shape index (κ1) is 17.7. The minimum absolute atomic E-state index is 0. The molecule has 0 spiro atoms. The van der Waals surface area contributed by atoms with Gasteiger partial charge >= 0.3 is 85.5 Å². The van der Waals surface area contributed by atoms with E-state index in [0.29, 0.717) is 15.0 Å². The van der Waals surface area contributed by atoms with E-state index in [2.05, 4.69) is 22.8 Å². The van der Waals surface area contributed by atoms with Gasteiger partial charge in [-0.15, -0.1) is 24.8 Å². The van der Waals surface area contributed by atoms with Crippen LogP contribution in [0.3, 0.4) is 0 Å². The third kappa shape index (κ3) is 6.44. The summed E-state index contributed by atoms with van der Waals surface area (Å²) in [4.78, 5) is 0. The van der Waals surface area contributed by atoms with Gasteiger partial charge in [0, 0.05) is 0 Å². The molecule has 0 aliphatic heterocycles. The van der Waals surface area contributed by atoms with Crippen LogP contribution >= 0.6 is 24.8 Å². The van der Waals surface area contributed by atoms with Crippen molar-refractivity contribution in [2.45, 2.75) is 31.0 Å². The molecule has 0 aliphatic carbocycles. The molecule has 6 heteroatoms. The van der Waals surface area contributed by atoms with Crippen LogP contribution in [0.25, 0.3) is 0 Å². The van der Waals surface area contributed by atoms with Crippen molar-refractivity contribution in [2.75, 3.05) is 6.54 Å². The molecule has 2 N–H and O–H groups in total. The van der Waals surface area contributed by atoms with Gasteiger partial charge in [-0.25, -0.2) is 0 Å². The van der Waals surface area contributed by atoms with E-state index in [9.17, 15) is 0 Å². The first-order chi connectivity index (χ1) is 6.24. The largest absolute Gasteiger partial charge is 0.147 e. The van der Waals surface area contributed by atoms with Crippen LogP contribution in [0.1, 0.15) is 11.4 Å². The van der Waals surface area contributed by atoms with Crippen LogP contribution < -0.4 is 5.73 Å². The normalized spacial score (nSPS) is 9.27. The van der Waals surface area contributed by atoms with Gasteiger partial charge in [-0.2, -0.15) is 0 Å². The molecule has 0 bridgehead atoms. The van der Waals surface area contributed by atoms with E-state index >= 15 is 0 Å². The zero-order valence-electron chi connectivity index (χ0n) is 9.10. The predicted molar refractivity (Wildman–Crippen MR) is 70.6 cm³/mol. The molecule has 0 amide bonds. The summed E-state index contributed by atoms with van der Waals surface area (Å²) >= 11 is 0.695. The fourth-order valence-electron chi connectivity index (χ4n) is 1.24. The number of nitrogens with zero attached hydrogens (tertiary/aromatic N) is 2. The quantitative estimate of drug-likeness (QED) is 0.665. The minimum Gasteiger partial charge on any atom is -0.147 e. The monoisotopic (exact) mass is 319 g/mol. The molecule has 0 atom stereocenters. The average molecular weight is 319 g/mol. The number of nitrogens with two attached hydrogens (primary N) is 1. The van der Waals surface area contributed by atoms with Crippen LogP contribution in [0.2, 0.25) is 10.6 Å². The van der Waals surface area contributed by atoms with Crippen LogP contribution in [0.4, 0.5) is 0 Å². The molecule has 0 aliphatic rings. The third-order valence-corrected chi connectivity index (χ3v) is 3.90. The van der Waals surface area contributed by atoms with Gasteiger partial charge in [0.15, 0.2) is 0 Å². The summed E-state index contributed by atoms with van der Waals surface area (Å²) in [5, 5.41) is 6.83. The van der Waals surface area contributed by atoms with E-state index in [1.807, 2.05) is 6.92 Å². The van der Waals surface area contributed by atoms with E-state index in [-0.39, 0.29) is 24.8 Å². The number of aryl methyl sites for hydroxylation is 3. The Kier molecular flexibility index (Phi) is 11.2. The van der Waals surface area contributed by atoms with Crippen molar-refractivity contribution in [1.82, 2.24) is 9.78 Å². The van der Waals surface area contributed by atoms with Crippen molar-refractivity contribution < 1.29 is 0 Å². The van der Waals surface area contributed by atoms with E-state index in [1.165, 1.54) is 16.3 Å². The topological polar surface area (TPSA) is 43.8 Å². The molecular weight excluding hydrogens is 300 g/mol. The molecule has 3 nitrogen and oxygen atoms in total. The standard InChI is InChI=1S/C9H17N3Se.2ClH/c1-8-7-9(2)12(11-8)4-6-13-5-3-10;;/h7H,3-6,10H2,1-2H3;2*1H. The molecule has 0 unspecified atom stereocenters. The fourth-order valence-corrected chi connectivity index (χ4v) is 2.65. The molecule has 15 heavy (non-hydrogen) atoms. The molecular formula is C9H19Cl2N3Se. The summed E-state index contributed by atoms with van der Waals surface area (Å²) in [6, 6.07) is 2.12. The summed E-state index contributed by atoms with van der Waals surface area (Å²) in [5.74, 6) is 0. The fraction of sp³-hybridized carbons (Fsp3) is 0.667. The van der Waals surface area contributed by atoms with Crippen molar-refractivity contribution in [2.24, 2.45) is 5.73 Å². The molecule has 0 fully saturated rings. The number of halogens is 2. The second kappa shape index (κ2) is 9.49. The predicted octanol–water partition coefficient (Wildman–Crippen LogP) is 1.84. The molecule has 0 radical (unpaired) electrons. The maximum atomic E-state index is 5.44. The van der Waals surface area contributed by atoms with E-state index in [1.54, 1.807) is 0 Å². The Morgan fingerprint density at radius 3 is 2.47 bits per heavy atom. The Balaban J connectivity index is 0. The van der Waals surface area contributed by atoms with Crippen LogP contribution in [0.15, 0.2) is 6.07 Å². The van der Waals surface area contributed by atoms with Gasteiger partial charge in [0.25, 0.3) is 0 Å². The maximum Gasteiger partial charge on any atom is -0.147 e. The molecule has 0 aromatic carbocycles. The number of rotatable bonds is 5. The molecule has 1 aromatic rings. The van der Waals surface area contributed by atoms with E-state index in [4.69, 9.17) is 5.73 Å². The first-order valence-corrected chi connectivity index (χ1v) is 6.95.